The van der Waals surface area contributed by atoms with E-state index in [1.54, 1.807) is 36.4 Å². The highest BCUT2D eigenvalue weighted by molar-refractivity contribution is 6.02. The van der Waals surface area contributed by atoms with Crippen molar-refractivity contribution in [3.05, 3.63) is 101 Å². The van der Waals surface area contributed by atoms with Gasteiger partial charge in [0.15, 0.2) is 6.10 Å². The lowest BCUT2D eigenvalue weighted by Crippen LogP contribution is -2.20. The molecule has 0 bridgehead atoms. The monoisotopic (exact) mass is 374 g/mol. The van der Waals surface area contributed by atoms with Crippen molar-refractivity contribution in [2.45, 2.75) is 20.0 Å². The molecule has 1 atom stereocenters. The fraction of sp³-hybridized carbons (Fsp3) is 0.167. The quantitative estimate of drug-likeness (QED) is 0.445. The topological polar surface area (TPSA) is 52.6 Å². The highest BCUT2D eigenvalue weighted by atomic mass is 16.5. The van der Waals surface area contributed by atoms with Crippen molar-refractivity contribution in [1.82, 2.24) is 0 Å². The van der Waals surface area contributed by atoms with Crippen LogP contribution < -0.4 is 4.74 Å². The highest BCUT2D eigenvalue weighted by Crippen LogP contribution is 2.25. The average Bonchev–Trinajstić information content (AvgIpc) is 2.72. The SMILES string of the molecule is COc1cccc(C(=O)O[C@H](C(=O)c2ccc(C)cc2)c2ccc(C)cc2)c1. The van der Waals surface area contributed by atoms with Crippen LogP contribution >= 0.6 is 0 Å². The number of Topliss-reactive ketones (excluding diaryl/α,β-unsaturated/α-hetero) is 1. The van der Waals surface area contributed by atoms with Crippen molar-refractivity contribution in [1.29, 1.82) is 0 Å². The number of methoxy groups -OCH3 is 1. The van der Waals surface area contributed by atoms with Gasteiger partial charge in [0, 0.05) is 11.1 Å². The molecule has 0 saturated heterocycles. The molecule has 0 aromatic heterocycles. The molecule has 3 aromatic carbocycles. The first-order valence-electron chi connectivity index (χ1n) is 9.00. The molecule has 0 amide bonds. The van der Waals surface area contributed by atoms with Crippen LogP contribution in [0.1, 0.15) is 43.5 Å². The number of hydrogen-bond donors (Lipinski definition) is 0. The fourth-order valence-corrected chi connectivity index (χ4v) is 2.81. The smallest absolute Gasteiger partial charge is 0.339 e. The number of rotatable bonds is 6. The number of carbonyl (C=O) groups excluding carboxylic acids is 2. The van der Waals surface area contributed by atoms with E-state index in [1.165, 1.54) is 7.11 Å². The van der Waals surface area contributed by atoms with Gasteiger partial charge in [-0.05, 0) is 32.0 Å². The van der Waals surface area contributed by atoms with E-state index in [9.17, 15) is 9.59 Å². The predicted octanol–water partition coefficient (Wildman–Crippen LogP) is 5.09. The van der Waals surface area contributed by atoms with Crippen LogP contribution in [0, 0.1) is 13.8 Å². The molecule has 0 heterocycles. The number of benzene rings is 3. The Hall–Kier alpha value is -3.40. The summed E-state index contributed by atoms with van der Waals surface area (Å²) in [6.45, 7) is 3.91. The van der Waals surface area contributed by atoms with E-state index >= 15 is 0 Å². The maximum atomic E-state index is 13.1. The van der Waals surface area contributed by atoms with Crippen LogP contribution in [0.2, 0.25) is 0 Å². The Morgan fingerprint density at radius 2 is 1.39 bits per heavy atom. The minimum atomic E-state index is -1.03. The zero-order chi connectivity index (χ0) is 20.1. The highest BCUT2D eigenvalue weighted by Gasteiger charge is 2.27. The lowest BCUT2D eigenvalue weighted by molar-refractivity contribution is 0.0279. The average molecular weight is 374 g/mol. The zero-order valence-corrected chi connectivity index (χ0v) is 16.1. The molecule has 142 valence electrons. The molecule has 0 aliphatic carbocycles. The number of ether oxygens (including phenoxy) is 2. The molecule has 0 unspecified atom stereocenters. The Bertz CT molecular complexity index is 972. The first-order chi connectivity index (χ1) is 13.5. The van der Waals surface area contributed by atoms with E-state index in [-0.39, 0.29) is 5.78 Å². The minimum Gasteiger partial charge on any atom is -0.497 e. The lowest BCUT2D eigenvalue weighted by atomic mass is 9.98. The van der Waals surface area contributed by atoms with E-state index in [1.807, 2.05) is 50.2 Å². The molecule has 0 saturated carbocycles. The van der Waals surface area contributed by atoms with Crippen LogP contribution in [-0.2, 0) is 4.74 Å². The van der Waals surface area contributed by atoms with Crippen LogP contribution in [0.5, 0.6) is 5.75 Å². The van der Waals surface area contributed by atoms with Crippen molar-refractivity contribution >= 4 is 11.8 Å². The largest absolute Gasteiger partial charge is 0.497 e. The lowest BCUT2D eigenvalue weighted by Gasteiger charge is -2.18. The van der Waals surface area contributed by atoms with Gasteiger partial charge in [0.25, 0.3) is 0 Å². The molecule has 4 nitrogen and oxygen atoms in total. The summed E-state index contributed by atoms with van der Waals surface area (Å²) in [5, 5.41) is 0. The number of aryl methyl sites for hydroxylation is 2. The van der Waals surface area contributed by atoms with Crippen LogP contribution in [0.3, 0.4) is 0 Å². The number of hydrogen-bond acceptors (Lipinski definition) is 4. The van der Waals surface area contributed by atoms with E-state index < -0.39 is 12.1 Å². The molecule has 28 heavy (non-hydrogen) atoms. The molecule has 4 heteroatoms. The van der Waals surface area contributed by atoms with Crippen LogP contribution in [0.4, 0.5) is 0 Å². The van der Waals surface area contributed by atoms with Crippen molar-refractivity contribution in [2.24, 2.45) is 0 Å². The first kappa shape index (κ1) is 19.4. The molecule has 3 aromatic rings. The Morgan fingerprint density at radius 1 is 0.786 bits per heavy atom. The van der Waals surface area contributed by atoms with Gasteiger partial charge in [-0.25, -0.2) is 4.79 Å². The summed E-state index contributed by atoms with van der Waals surface area (Å²) in [5.74, 6) is -0.295. The summed E-state index contributed by atoms with van der Waals surface area (Å²) >= 11 is 0. The predicted molar refractivity (Wildman–Crippen MR) is 108 cm³/mol. The van der Waals surface area contributed by atoms with Gasteiger partial charge in [0.1, 0.15) is 5.75 Å². The molecule has 0 aliphatic heterocycles. The third-order valence-electron chi connectivity index (χ3n) is 4.48. The van der Waals surface area contributed by atoms with Gasteiger partial charge in [0.2, 0.25) is 5.78 Å². The molecule has 0 spiro atoms. The van der Waals surface area contributed by atoms with Gasteiger partial charge in [-0.1, -0.05) is 65.7 Å². The normalized spacial score (nSPS) is 11.5. The molecule has 3 rings (SSSR count). The number of ketones is 1. The second-order valence-electron chi connectivity index (χ2n) is 6.66. The van der Waals surface area contributed by atoms with E-state index in [4.69, 9.17) is 9.47 Å². The molecule has 0 fully saturated rings. The summed E-state index contributed by atoms with van der Waals surface area (Å²) in [5.41, 5.74) is 3.57. The Kier molecular flexibility index (Phi) is 5.90. The summed E-state index contributed by atoms with van der Waals surface area (Å²) in [6.07, 6.45) is -1.03. The maximum Gasteiger partial charge on any atom is 0.339 e. The Labute approximate surface area is 164 Å². The summed E-state index contributed by atoms with van der Waals surface area (Å²) < 4.78 is 10.8. The molecular weight excluding hydrogens is 352 g/mol. The third-order valence-corrected chi connectivity index (χ3v) is 4.48. The second kappa shape index (κ2) is 8.53. The van der Waals surface area contributed by atoms with Gasteiger partial charge in [0.05, 0.1) is 12.7 Å². The first-order valence-corrected chi connectivity index (χ1v) is 9.00. The Balaban J connectivity index is 1.93. The van der Waals surface area contributed by atoms with Gasteiger partial charge < -0.3 is 9.47 Å². The van der Waals surface area contributed by atoms with Crippen molar-refractivity contribution in [3.63, 3.8) is 0 Å². The second-order valence-corrected chi connectivity index (χ2v) is 6.66. The summed E-state index contributed by atoms with van der Waals surface area (Å²) in [7, 11) is 1.53. The van der Waals surface area contributed by atoms with Crippen molar-refractivity contribution in [2.75, 3.05) is 7.11 Å². The number of esters is 1. The maximum absolute atomic E-state index is 13.1. The summed E-state index contributed by atoms with van der Waals surface area (Å²) in [6, 6.07) is 21.3. The van der Waals surface area contributed by atoms with E-state index in [2.05, 4.69) is 0 Å². The third kappa shape index (κ3) is 4.46. The van der Waals surface area contributed by atoms with Crippen LogP contribution in [0.25, 0.3) is 0 Å². The van der Waals surface area contributed by atoms with Crippen LogP contribution in [0.15, 0.2) is 72.8 Å². The molecule has 0 aliphatic rings. The van der Waals surface area contributed by atoms with E-state index in [0.717, 1.165) is 11.1 Å². The number of carbonyl (C=O) groups is 2. The summed E-state index contributed by atoms with van der Waals surface area (Å²) in [4.78, 5) is 25.9. The molecule has 0 N–H and O–H groups in total. The van der Waals surface area contributed by atoms with Gasteiger partial charge in [-0.2, -0.15) is 0 Å². The van der Waals surface area contributed by atoms with Gasteiger partial charge >= 0.3 is 5.97 Å². The fourth-order valence-electron chi connectivity index (χ4n) is 2.81. The zero-order valence-electron chi connectivity index (χ0n) is 16.1. The van der Waals surface area contributed by atoms with Gasteiger partial charge in [-0.3, -0.25) is 4.79 Å². The Morgan fingerprint density at radius 3 is 2.00 bits per heavy atom. The van der Waals surface area contributed by atoms with Crippen molar-refractivity contribution in [3.8, 4) is 5.75 Å². The molecular formula is C24H22O4. The van der Waals surface area contributed by atoms with Crippen molar-refractivity contribution < 1.29 is 19.1 Å². The molecule has 0 radical (unpaired) electrons. The standard InChI is InChI=1S/C24H22O4/c1-16-7-11-18(12-8-16)22(25)23(19-13-9-17(2)10-14-19)28-24(26)20-5-4-6-21(15-20)27-3/h4-15,23H,1-3H3/t23-/m0/s1. The van der Waals surface area contributed by atoms with Crippen LogP contribution in [-0.4, -0.2) is 18.9 Å². The minimum absolute atomic E-state index is 0.264. The van der Waals surface area contributed by atoms with Gasteiger partial charge in [-0.15, -0.1) is 0 Å². The van der Waals surface area contributed by atoms with E-state index in [0.29, 0.717) is 22.4 Å².